The fourth-order valence-corrected chi connectivity index (χ4v) is 3.54. The molecule has 0 spiro atoms. The van der Waals surface area contributed by atoms with E-state index in [4.69, 9.17) is 11.5 Å². The Kier molecular flexibility index (Phi) is 6.13. The van der Waals surface area contributed by atoms with Crippen LogP contribution in [0.5, 0.6) is 0 Å². The van der Waals surface area contributed by atoms with Gasteiger partial charge in [-0.25, -0.2) is 4.79 Å². The number of amides is 1. The zero-order valence-electron chi connectivity index (χ0n) is 16.1. The molecule has 0 aliphatic heterocycles. The highest BCUT2D eigenvalue weighted by Crippen LogP contribution is 2.27. The number of fused-ring (bicyclic) bond motifs is 1. The van der Waals surface area contributed by atoms with Gasteiger partial charge in [0.15, 0.2) is 0 Å². The maximum absolute atomic E-state index is 11.3. The summed E-state index contributed by atoms with van der Waals surface area (Å²) >= 11 is 0. The summed E-state index contributed by atoms with van der Waals surface area (Å²) in [5.41, 5.74) is 12.9. The largest absolute Gasteiger partial charge is 0.465 e. The van der Waals surface area contributed by atoms with Crippen LogP contribution in [0.3, 0.4) is 0 Å². The molecule has 0 bridgehead atoms. The quantitative estimate of drug-likeness (QED) is 0.676. The molecule has 2 atom stereocenters. The normalized spacial score (nSPS) is 20.3. The molecule has 26 heavy (non-hydrogen) atoms. The van der Waals surface area contributed by atoms with Crippen molar-refractivity contribution in [3.05, 3.63) is 24.4 Å². The Labute approximate surface area is 154 Å². The number of benzene rings is 1. The highest BCUT2D eigenvalue weighted by Gasteiger charge is 2.37. The van der Waals surface area contributed by atoms with Gasteiger partial charge in [0.2, 0.25) is 0 Å². The molecule has 2 aromatic rings. The van der Waals surface area contributed by atoms with Gasteiger partial charge in [-0.3, -0.25) is 9.58 Å². The molecule has 0 unspecified atom stereocenters. The van der Waals surface area contributed by atoms with Gasteiger partial charge in [0, 0.05) is 35.9 Å². The first kappa shape index (κ1) is 20.0. The molecular formula is C19H31N5O2. The Morgan fingerprint density at radius 3 is 2.54 bits per heavy atom. The Balaban J connectivity index is 0.000000195. The monoisotopic (exact) mass is 361 g/mol. The minimum atomic E-state index is -0.857. The molecule has 1 amide bonds. The van der Waals surface area contributed by atoms with Crippen LogP contribution in [-0.2, 0) is 7.05 Å². The Morgan fingerprint density at radius 1 is 1.31 bits per heavy atom. The first-order chi connectivity index (χ1) is 12.1. The first-order valence-electron chi connectivity index (χ1n) is 9.06. The lowest BCUT2D eigenvalue weighted by Gasteiger charge is -2.44. The number of rotatable bonds is 1. The molecule has 144 valence electrons. The van der Waals surface area contributed by atoms with Gasteiger partial charge in [0.25, 0.3) is 0 Å². The van der Waals surface area contributed by atoms with E-state index in [1.807, 2.05) is 52.2 Å². The second kappa shape index (κ2) is 7.95. The Hall–Kier alpha value is -2.28. The summed E-state index contributed by atoms with van der Waals surface area (Å²) < 4.78 is 1.78. The molecule has 1 aliphatic rings. The van der Waals surface area contributed by atoms with Crippen molar-refractivity contribution in [2.45, 2.75) is 64.1 Å². The molecule has 3 rings (SSSR count). The number of anilines is 1. The Bertz CT molecular complexity index is 750. The third kappa shape index (κ3) is 4.88. The van der Waals surface area contributed by atoms with Gasteiger partial charge in [-0.1, -0.05) is 12.8 Å². The van der Waals surface area contributed by atoms with Crippen molar-refractivity contribution in [2.24, 2.45) is 12.8 Å². The predicted octanol–water partition coefficient (Wildman–Crippen LogP) is 3.19. The fraction of sp³-hybridized carbons (Fsp3) is 0.579. The molecule has 1 saturated carbocycles. The van der Waals surface area contributed by atoms with Crippen molar-refractivity contribution < 1.29 is 9.90 Å². The molecule has 7 heteroatoms. The van der Waals surface area contributed by atoms with Gasteiger partial charge in [0.1, 0.15) is 0 Å². The molecule has 7 nitrogen and oxygen atoms in total. The summed E-state index contributed by atoms with van der Waals surface area (Å²) in [4.78, 5) is 12.8. The summed E-state index contributed by atoms with van der Waals surface area (Å²) in [6.07, 6.45) is 5.14. The van der Waals surface area contributed by atoms with E-state index in [1.54, 1.807) is 4.68 Å². The molecule has 0 saturated heterocycles. The zero-order valence-corrected chi connectivity index (χ0v) is 16.1. The Morgan fingerprint density at radius 2 is 1.96 bits per heavy atom. The minimum absolute atomic E-state index is 0.00549. The zero-order chi connectivity index (χ0) is 19.5. The number of hydrogen-bond acceptors (Lipinski definition) is 4. The summed E-state index contributed by atoms with van der Waals surface area (Å²) in [7, 11) is 1.90. The molecule has 1 aliphatic carbocycles. The lowest BCUT2D eigenvalue weighted by atomic mass is 9.87. The molecule has 1 aromatic heterocycles. The van der Waals surface area contributed by atoms with Crippen LogP contribution in [0.4, 0.5) is 10.5 Å². The number of aromatic nitrogens is 2. The smallest absolute Gasteiger partial charge is 0.408 e. The van der Waals surface area contributed by atoms with Crippen LogP contribution in [-0.4, -0.2) is 43.5 Å². The third-order valence-corrected chi connectivity index (χ3v) is 4.69. The maximum Gasteiger partial charge on any atom is 0.408 e. The summed E-state index contributed by atoms with van der Waals surface area (Å²) in [6, 6.07) is 5.70. The minimum Gasteiger partial charge on any atom is -0.465 e. The second-order valence-electron chi connectivity index (χ2n) is 7.96. The van der Waals surface area contributed by atoms with Gasteiger partial charge >= 0.3 is 6.09 Å². The highest BCUT2D eigenvalue weighted by molar-refractivity contribution is 5.81. The van der Waals surface area contributed by atoms with E-state index in [0.29, 0.717) is 0 Å². The van der Waals surface area contributed by atoms with Crippen molar-refractivity contribution in [3.8, 4) is 0 Å². The van der Waals surface area contributed by atoms with Crippen molar-refractivity contribution in [3.63, 3.8) is 0 Å². The van der Waals surface area contributed by atoms with Crippen LogP contribution in [0.25, 0.3) is 10.9 Å². The van der Waals surface area contributed by atoms with E-state index >= 15 is 0 Å². The van der Waals surface area contributed by atoms with Gasteiger partial charge < -0.3 is 16.6 Å². The molecule has 0 radical (unpaired) electrons. The van der Waals surface area contributed by atoms with E-state index in [2.05, 4.69) is 5.10 Å². The van der Waals surface area contributed by atoms with E-state index in [0.717, 1.165) is 42.3 Å². The summed E-state index contributed by atoms with van der Waals surface area (Å²) in [5, 5.41) is 14.6. The van der Waals surface area contributed by atoms with Crippen molar-refractivity contribution in [1.29, 1.82) is 0 Å². The van der Waals surface area contributed by atoms with Gasteiger partial charge in [-0.15, -0.1) is 0 Å². The molecule has 1 aromatic carbocycles. The highest BCUT2D eigenvalue weighted by atomic mass is 16.4. The van der Waals surface area contributed by atoms with Crippen LogP contribution in [0, 0.1) is 0 Å². The molecule has 1 fully saturated rings. The van der Waals surface area contributed by atoms with Crippen molar-refractivity contribution in [2.75, 3.05) is 5.73 Å². The van der Waals surface area contributed by atoms with E-state index < -0.39 is 6.09 Å². The number of aryl methyl sites for hydroxylation is 1. The van der Waals surface area contributed by atoms with E-state index in [-0.39, 0.29) is 17.6 Å². The van der Waals surface area contributed by atoms with Gasteiger partial charge in [-0.05, 0) is 51.8 Å². The number of hydrogen-bond donors (Lipinski definition) is 3. The number of nitrogens with two attached hydrogens (primary N) is 2. The molecule has 5 N–H and O–H groups in total. The van der Waals surface area contributed by atoms with Crippen LogP contribution in [0.15, 0.2) is 24.4 Å². The van der Waals surface area contributed by atoms with Gasteiger partial charge in [-0.2, -0.15) is 5.10 Å². The number of carboxylic acid groups (broad SMARTS) is 1. The van der Waals surface area contributed by atoms with E-state index in [9.17, 15) is 9.90 Å². The third-order valence-electron chi connectivity index (χ3n) is 4.69. The van der Waals surface area contributed by atoms with Crippen molar-refractivity contribution >= 4 is 22.7 Å². The predicted molar refractivity (Wildman–Crippen MR) is 105 cm³/mol. The van der Waals surface area contributed by atoms with Crippen LogP contribution in [0.2, 0.25) is 0 Å². The molecular weight excluding hydrogens is 330 g/mol. The van der Waals surface area contributed by atoms with Gasteiger partial charge in [0.05, 0.1) is 11.6 Å². The maximum atomic E-state index is 11.3. The number of nitrogens with zero attached hydrogens (tertiary/aromatic N) is 3. The number of nitrogen functional groups attached to an aromatic ring is 1. The SMILES string of the molecule is CC(C)(C)N(C(=O)O)[C@H]1CCCC[C@H]1N.Cn1cc2ccc(N)cc2n1. The average molecular weight is 361 g/mol. The first-order valence-corrected chi connectivity index (χ1v) is 9.06. The molecule has 1 heterocycles. The summed E-state index contributed by atoms with van der Waals surface area (Å²) in [6.45, 7) is 5.76. The fourth-order valence-electron chi connectivity index (χ4n) is 3.54. The van der Waals surface area contributed by atoms with E-state index in [1.165, 1.54) is 4.90 Å². The van der Waals surface area contributed by atoms with Crippen LogP contribution >= 0.6 is 0 Å². The lowest BCUT2D eigenvalue weighted by molar-refractivity contribution is 0.0491. The van der Waals surface area contributed by atoms with Crippen LogP contribution in [0.1, 0.15) is 46.5 Å². The van der Waals surface area contributed by atoms with Crippen molar-refractivity contribution in [1.82, 2.24) is 14.7 Å². The topological polar surface area (TPSA) is 110 Å². The standard InChI is InChI=1S/C11H22N2O2.C8H9N3/c1-11(2,3)13(10(14)15)9-7-5-4-6-8(9)12;1-11-5-6-2-3-7(9)4-8(6)10-11/h8-9H,4-7,12H2,1-3H3,(H,14,15);2-5H,9H2,1H3/t8-,9+;/m1./s1. The van der Waals surface area contributed by atoms with Crippen LogP contribution < -0.4 is 11.5 Å². The summed E-state index contributed by atoms with van der Waals surface area (Å²) in [5.74, 6) is 0. The second-order valence-corrected chi connectivity index (χ2v) is 7.96. The average Bonchev–Trinajstić information content (AvgIpc) is 2.87. The lowest BCUT2D eigenvalue weighted by Crippen LogP contribution is -2.58. The number of carbonyl (C=O) groups is 1.